The van der Waals surface area contributed by atoms with Crippen LogP contribution in [0.3, 0.4) is 0 Å². The second-order valence-corrected chi connectivity index (χ2v) is 23.8. The summed E-state index contributed by atoms with van der Waals surface area (Å²) in [6.45, 7) is 20.8. The van der Waals surface area contributed by atoms with Crippen molar-refractivity contribution in [3.05, 3.63) is 23.8 Å². The summed E-state index contributed by atoms with van der Waals surface area (Å²) < 4.78 is 14.5. The van der Waals surface area contributed by atoms with Crippen LogP contribution in [0.5, 0.6) is 11.5 Å². The van der Waals surface area contributed by atoms with Gasteiger partial charge in [-0.2, -0.15) is 5.10 Å². The van der Waals surface area contributed by atoms with Crippen LogP contribution in [0.25, 0.3) is 0 Å². The van der Waals surface area contributed by atoms with E-state index in [1.165, 1.54) is 0 Å². The van der Waals surface area contributed by atoms with Gasteiger partial charge in [0.05, 0.1) is 12.8 Å². The summed E-state index contributed by atoms with van der Waals surface area (Å²) in [7, 11) is -5.21. The van der Waals surface area contributed by atoms with Crippen LogP contribution in [0, 0.1) is 0 Å². The van der Waals surface area contributed by atoms with Crippen LogP contribution in [0.1, 0.15) is 5.56 Å². The lowest BCUT2D eigenvalue weighted by molar-refractivity contribution is 0.208. The van der Waals surface area contributed by atoms with Gasteiger partial charge >= 0.3 is 6.03 Å². The molecule has 1 aromatic carbocycles. The van der Waals surface area contributed by atoms with Crippen molar-refractivity contribution in [3.8, 4) is 11.5 Å². The van der Waals surface area contributed by atoms with Gasteiger partial charge in [0.2, 0.25) is 16.6 Å². The van der Waals surface area contributed by atoms with E-state index in [0.29, 0.717) is 6.54 Å². The summed E-state index contributed by atoms with van der Waals surface area (Å²) in [5.74, 6) is 1.56. The van der Waals surface area contributed by atoms with Crippen molar-refractivity contribution in [2.75, 3.05) is 13.1 Å². The van der Waals surface area contributed by atoms with E-state index < -0.39 is 24.9 Å². The molecule has 1 fully saturated rings. The standard InChI is InChI=1S/C19H35N3O3Si3/c1-26(2,3)22-13-12-21(19(22)23)20-15-16-10-11-17(24-27(4,5)6)18(14-16)25-28(7,8)9/h10-11,14-15H,12-13H2,1-9H3/b20-15+. The van der Waals surface area contributed by atoms with Gasteiger partial charge in [0.1, 0.15) is 11.5 Å². The first-order valence-corrected chi connectivity index (χ1v) is 20.1. The number of urea groups is 1. The van der Waals surface area contributed by atoms with Gasteiger partial charge in [0, 0.05) is 6.54 Å². The van der Waals surface area contributed by atoms with Crippen molar-refractivity contribution < 1.29 is 13.6 Å². The summed E-state index contributed by atoms with van der Waals surface area (Å²) in [6, 6.07) is 5.89. The number of carbonyl (C=O) groups is 1. The van der Waals surface area contributed by atoms with E-state index in [1.807, 2.05) is 22.8 Å². The largest absolute Gasteiger partial charge is 0.542 e. The average Bonchev–Trinajstić information content (AvgIpc) is 2.85. The Hall–Kier alpha value is -1.59. The maximum Gasteiger partial charge on any atom is 0.332 e. The normalized spacial score (nSPS) is 16.2. The molecular formula is C19H35N3O3Si3. The topological polar surface area (TPSA) is 54.4 Å². The van der Waals surface area contributed by atoms with Crippen molar-refractivity contribution in [2.45, 2.75) is 58.9 Å². The molecule has 1 heterocycles. The monoisotopic (exact) mass is 437 g/mol. The Kier molecular flexibility index (Phi) is 6.51. The van der Waals surface area contributed by atoms with E-state index >= 15 is 0 Å². The number of hydrazone groups is 1. The zero-order valence-electron chi connectivity index (χ0n) is 18.8. The molecule has 1 saturated heterocycles. The van der Waals surface area contributed by atoms with Crippen molar-refractivity contribution in [1.82, 2.24) is 9.57 Å². The Balaban J connectivity index is 2.23. The number of amides is 2. The SMILES string of the molecule is C[Si](C)(C)Oc1ccc(/C=N/N2CCN([Si](C)(C)C)C2=O)cc1O[Si](C)(C)C. The molecule has 156 valence electrons. The Morgan fingerprint density at radius 2 is 1.46 bits per heavy atom. The zero-order chi connectivity index (χ0) is 21.3. The van der Waals surface area contributed by atoms with E-state index in [-0.39, 0.29) is 6.03 Å². The highest BCUT2D eigenvalue weighted by molar-refractivity contribution is 6.75. The molecule has 0 radical (unpaired) electrons. The Morgan fingerprint density at radius 3 is 1.96 bits per heavy atom. The predicted octanol–water partition coefficient (Wildman–Crippen LogP) is 5.02. The molecule has 0 aliphatic carbocycles. The molecule has 0 aromatic heterocycles. The number of hydrogen-bond acceptors (Lipinski definition) is 4. The summed E-state index contributed by atoms with van der Waals surface area (Å²) in [5, 5.41) is 6.00. The molecule has 0 atom stereocenters. The minimum Gasteiger partial charge on any atom is -0.542 e. The van der Waals surface area contributed by atoms with Crippen molar-refractivity contribution in [3.63, 3.8) is 0 Å². The highest BCUT2D eigenvalue weighted by Gasteiger charge is 2.36. The third-order valence-electron chi connectivity index (χ3n) is 3.94. The molecule has 0 N–H and O–H groups in total. The molecule has 1 aliphatic rings. The van der Waals surface area contributed by atoms with Crippen molar-refractivity contribution in [1.29, 1.82) is 0 Å². The highest BCUT2D eigenvalue weighted by Crippen LogP contribution is 2.32. The number of hydrogen-bond donors (Lipinski definition) is 0. The first-order valence-electron chi connectivity index (χ1n) is 9.81. The molecule has 9 heteroatoms. The van der Waals surface area contributed by atoms with Gasteiger partial charge in [-0.25, -0.2) is 9.80 Å². The number of carbonyl (C=O) groups excluding carboxylic acids is 1. The summed E-state index contributed by atoms with van der Waals surface area (Å²) in [5.41, 5.74) is 0.899. The van der Waals surface area contributed by atoms with Gasteiger partial charge in [-0.05, 0) is 63.0 Å². The molecule has 0 unspecified atom stereocenters. The fourth-order valence-electron chi connectivity index (χ4n) is 2.82. The highest BCUT2D eigenvalue weighted by atomic mass is 28.4. The third-order valence-corrected chi connectivity index (χ3v) is 7.64. The molecule has 1 aromatic rings. The zero-order valence-corrected chi connectivity index (χ0v) is 21.8. The smallest absolute Gasteiger partial charge is 0.332 e. The van der Waals surface area contributed by atoms with Crippen molar-refractivity contribution >= 4 is 37.1 Å². The molecule has 28 heavy (non-hydrogen) atoms. The Bertz CT molecular complexity index is 750. The number of rotatable bonds is 7. The van der Waals surface area contributed by atoms with Gasteiger partial charge in [0.15, 0.2) is 8.24 Å². The van der Waals surface area contributed by atoms with E-state index in [0.717, 1.165) is 23.6 Å². The lowest BCUT2D eigenvalue weighted by atomic mass is 10.2. The van der Waals surface area contributed by atoms with Gasteiger partial charge in [-0.1, -0.05) is 19.6 Å². The fourth-order valence-corrected chi connectivity index (χ4v) is 5.93. The van der Waals surface area contributed by atoms with Gasteiger partial charge < -0.3 is 13.4 Å². The number of nitrogens with zero attached hydrogens (tertiary/aromatic N) is 3. The average molecular weight is 438 g/mol. The molecule has 2 rings (SSSR count). The molecule has 0 bridgehead atoms. The summed E-state index contributed by atoms with van der Waals surface area (Å²) in [6.07, 6.45) is 1.74. The molecule has 0 saturated carbocycles. The second-order valence-electron chi connectivity index (χ2n) is 10.1. The van der Waals surface area contributed by atoms with Crippen LogP contribution >= 0.6 is 0 Å². The molecule has 0 spiro atoms. The predicted molar refractivity (Wildman–Crippen MR) is 124 cm³/mol. The fraction of sp³-hybridized carbons (Fsp3) is 0.579. The quantitative estimate of drug-likeness (QED) is 0.444. The molecule has 6 nitrogen and oxygen atoms in total. The summed E-state index contributed by atoms with van der Waals surface area (Å²) in [4.78, 5) is 12.6. The summed E-state index contributed by atoms with van der Waals surface area (Å²) >= 11 is 0. The Labute approximate surface area is 172 Å². The number of benzene rings is 1. The van der Waals surface area contributed by atoms with Crippen molar-refractivity contribution in [2.24, 2.45) is 5.10 Å². The maximum atomic E-state index is 12.6. The van der Waals surface area contributed by atoms with Gasteiger partial charge in [0.25, 0.3) is 0 Å². The first-order chi connectivity index (χ1) is 12.7. The van der Waals surface area contributed by atoms with Crippen LogP contribution in [-0.4, -0.2) is 59.8 Å². The minimum absolute atomic E-state index is 0.00711. The van der Waals surface area contributed by atoms with Crippen LogP contribution in [0.2, 0.25) is 58.9 Å². The van der Waals surface area contributed by atoms with E-state index in [4.69, 9.17) is 8.85 Å². The van der Waals surface area contributed by atoms with E-state index in [2.05, 4.69) is 64.0 Å². The minimum atomic E-state index is -1.79. The molecular weight excluding hydrogens is 402 g/mol. The maximum absolute atomic E-state index is 12.6. The van der Waals surface area contributed by atoms with E-state index in [9.17, 15) is 4.79 Å². The molecule has 1 aliphatic heterocycles. The molecule has 2 amide bonds. The van der Waals surface area contributed by atoms with Crippen LogP contribution in [-0.2, 0) is 0 Å². The lowest BCUT2D eigenvalue weighted by Gasteiger charge is -2.28. The first kappa shape index (κ1) is 22.7. The third kappa shape index (κ3) is 6.49. The van der Waals surface area contributed by atoms with Crippen LogP contribution < -0.4 is 8.85 Å². The van der Waals surface area contributed by atoms with Gasteiger partial charge in [-0.15, -0.1) is 0 Å². The van der Waals surface area contributed by atoms with Crippen LogP contribution in [0.4, 0.5) is 4.79 Å². The lowest BCUT2D eigenvalue weighted by Crippen LogP contribution is -2.47. The van der Waals surface area contributed by atoms with Gasteiger partial charge in [-0.3, -0.25) is 0 Å². The Morgan fingerprint density at radius 1 is 0.893 bits per heavy atom. The second kappa shape index (κ2) is 8.03. The van der Waals surface area contributed by atoms with Crippen LogP contribution in [0.15, 0.2) is 23.3 Å². The van der Waals surface area contributed by atoms with E-state index in [1.54, 1.807) is 11.2 Å².